The van der Waals surface area contributed by atoms with Crippen molar-refractivity contribution in [3.63, 3.8) is 0 Å². The van der Waals surface area contributed by atoms with Crippen molar-refractivity contribution in [3.8, 4) is 0 Å². The fourth-order valence-corrected chi connectivity index (χ4v) is 1.69. The molecular formula is C12H7ClFN. The molecule has 0 N–H and O–H groups in total. The third-order valence-electron chi connectivity index (χ3n) is 2.31. The van der Waals surface area contributed by atoms with Gasteiger partial charge in [0, 0.05) is 0 Å². The Kier molecular flexibility index (Phi) is 2.34. The molecule has 0 saturated carbocycles. The van der Waals surface area contributed by atoms with Gasteiger partial charge in [0.05, 0.1) is 11.6 Å². The molecule has 15 heavy (non-hydrogen) atoms. The van der Waals surface area contributed by atoms with Crippen LogP contribution in [0.25, 0.3) is 15.6 Å². The Hall–Kier alpha value is -1.59. The van der Waals surface area contributed by atoms with Crippen LogP contribution in [0.1, 0.15) is 5.56 Å². The van der Waals surface area contributed by atoms with Gasteiger partial charge in [0.1, 0.15) is 5.82 Å². The molecule has 0 atom stereocenters. The standard InChI is InChI=1S/C12H7ClFN/c1-7-3-8-4-10(13)11(14)5-9(8)6-12(7)15-2/h3-6H,1H3. The lowest BCUT2D eigenvalue weighted by molar-refractivity contribution is 0.630. The molecule has 2 aromatic rings. The first-order chi connectivity index (χ1) is 7.11. The molecular weight excluding hydrogens is 213 g/mol. The number of halogens is 2. The number of rotatable bonds is 0. The maximum absolute atomic E-state index is 13.2. The number of fused-ring (bicyclic) bond motifs is 1. The summed E-state index contributed by atoms with van der Waals surface area (Å²) in [6.45, 7) is 8.81. The first-order valence-corrected chi connectivity index (χ1v) is 4.76. The molecule has 0 spiro atoms. The van der Waals surface area contributed by atoms with Crippen LogP contribution in [0, 0.1) is 19.3 Å². The van der Waals surface area contributed by atoms with E-state index in [9.17, 15) is 4.39 Å². The smallest absolute Gasteiger partial charge is 0.190 e. The van der Waals surface area contributed by atoms with Crippen molar-refractivity contribution in [1.29, 1.82) is 0 Å². The van der Waals surface area contributed by atoms with E-state index in [0.29, 0.717) is 11.1 Å². The minimum atomic E-state index is -0.455. The molecule has 0 fully saturated rings. The fourth-order valence-electron chi connectivity index (χ4n) is 1.52. The molecule has 0 unspecified atom stereocenters. The van der Waals surface area contributed by atoms with E-state index < -0.39 is 5.82 Å². The van der Waals surface area contributed by atoms with Crippen molar-refractivity contribution in [2.75, 3.05) is 0 Å². The second-order valence-corrected chi connectivity index (χ2v) is 3.77. The average Bonchev–Trinajstić information content (AvgIpc) is 2.20. The first-order valence-electron chi connectivity index (χ1n) is 4.38. The maximum atomic E-state index is 13.2. The van der Waals surface area contributed by atoms with Crippen molar-refractivity contribution < 1.29 is 4.39 Å². The second kappa shape index (κ2) is 3.52. The fraction of sp³-hybridized carbons (Fsp3) is 0.0833. The topological polar surface area (TPSA) is 4.36 Å². The molecule has 0 radical (unpaired) electrons. The van der Waals surface area contributed by atoms with Crippen LogP contribution >= 0.6 is 11.6 Å². The number of hydrogen-bond donors (Lipinski definition) is 0. The Labute approximate surface area is 91.9 Å². The number of nitrogens with zero attached hydrogens (tertiary/aromatic N) is 1. The summed E-state index contributed by atoms with van der Waals surface area (Å²) >= 11 is 5.68. The largest absolute Gasteiger partial charge is 0.238 e. The van der Waals surface area contributed by atoms with Crippen molar-refractivity contribution >= 4 is 28.1 Å². The molecule has 1 nitrogen and oxygen atoms in total. The van der Waals surface area contributed by atoms with E-state index in [1.54, 1.807) is 12.1 Å². The summed E-state index contributed by atoms with van der Waals surface area (Å²) in [7, 11) is 0. The summed E-state index contributed by atoms with van der Waals surface area (Å²) in [5.41, 5.74) is 1.42. The minimum Gasteiger partial charge on any atom is -0.238 e. The molecule has 0 aliphatic heterocycles. The average molecular weight is 220 g/mol. The van der Waals surface area contributed by atoms with E-state index in [1.807, 2.05) is 13.0 Å². The highest BCUT2D eigenvalue weighted by molar-refractivity contribution is 6.31. The second-order valence-electron chi connectivity index (χ2n) is 3.36. The number of hydrogen-bond acceptors (Lipinski definition) is 0. The van der Waals surface area contributed by atoms with Crippen LogP contribution in [0.2, 0.25) is 5.02 Å². The van der Waals surface area contributed by atoms with E-state index >= 15 is 0 Å². The predicted molar refractivity (Wildman–Crippen MR) is 59.9 cm³/mol. The van der Waals surface area contributed by atoms with Crippen molar-refractivity contribution in [1.82, 2.24) is 0 Å². The summed E-state index contributed by atoms with van der Waals surface area (Å²) < 4.78 is 13.2. The lowest BCUT2D eigenvalue weighted by atomic mass is 10.1. The highest BCUT2D eigenvalue weighted by Crippen LogP contribution is 2.29. The van der Waals surface area contributed by atoms with Crippen molar-refractivity contribution in [3.05, 3.63) is 52.1 Å². The molecule has 0 bridgehead atoms. The molecule has 2 aromatic carbocycles. The predicted octanol–water partition coefficient (Wildman–Crippen LogP) is 4.49. The van der Waals surface area contributed by atoms with E-state index in [0.717, 1.165) is 10.9 Å². The Morgan fingerprint density at radius 2 is 1.87 bits per heavy atom. The van der Waals surface area contributed by atoms with E-state index in [-0.39, 0.29) is 5.02 Å². The molecule has 0 saturated heterocycles. The molecule has 3 heteroatoms. The molecule has 74 valence electrons. The SMILES string of the molecule is [C-]#[N+]c1cc2cc(F)c(Cl)cc2cc1C. The first kappa shape index (κ1) is 9.95. The number of aryl methyl sites for hydroxylation is 1. The third-order valence-corrected chi connectivity index (χ3v) is 2.60. The minimum absolute atomic E-state index is 0.109. The molecule has 0 aliphatic carbocycles. The van der Waals surface area contributed by atoms with Gasteiger partial charge in [-0.2, -0.15) is 0 Å². The maximum Gasteiger partial charge on any atom is 0.190 e. The van der Waals surface area contributed by atoms with Crippen LogP contribution in [0.5, 0.6) is 0 Å². The molecule has 0 amide bonds. The highest BCUT2D eigenvalue weighted by atomic mass is 35.5. The normalized spacial score (nSPS) is 10.3. The van der Waals surface area contributed by atoms with Crippen molar-refractivity contribution in [2.45, 2.75) is 6.92 Å². The van der Waals surface area contributed by atoms with Gasteiger partial charge in [0.2, 0.25) is 0 Å². The molecule has 0 aromatic heterocycles. The van der Waals surface area contributed by atoms with Crippen LogP contribution in [0.3, 0.4) is 0 Å². The van der Waals surface area contributed by atoms with E-state index in [4.69, 9.17) is 18.2 Å². The Balaban J connectivity index is 2.84. The zero-order chi connectivity index (χ0) is 11.0. The summed E-state index contributed by atoms with van der Waals surface area (Å²) in [4.78, 5) is 3.37. The monoisotopic (exact) mass is 219 g/mol. The Morgan fingerprint density at radius 1 is 1.20 bits per heavy atom. The van der Waals surface area contributed by atoms with Crippen LogP contribution in [0.15, 0.2) is 24.3 Å². The third kappa shape index (κ3) is 1.67. The molecule has 0 heterocycles. The summed E-state index contributed by atoms with van der Waals surface area (Å²) in [6, 6.07) is 6.45. The van der Waals surface area contributed by atoms with Gasteiger partial charge in [-0.1, -0.05) is 17.7 Å². The van der Waals surface area contributed by atoms with Gasteiger partial charge in [-0.05, 0) is 41.5 Å². The van der Waals surface area contributed by atoms with Crippen LogP contribution in [-0.4, -0.2) is 0 Å². The summed E-state index contributed by atoms with van der Waals surface area (Å²) in [5.74, 6) is -0.455. The van der Waals surface area contributed by atoms with E-state index in [2.05, 4.69) is 4.85 Å². The number of benzene rings is 2. The zero-order valence-electron chi connectivity index (χ0n) is 8.01. The van der Waals surface area contributed by atoms with Gasteiger partial charge >= 0.3 is 0 Å². The van der Waals surface area contributed by atoms with Crippen LogP contribution in [-0.2, 0) is 0 Å². The van der Waals surface area contributed by atoms with Gasteiger partial charge in [-0.3, -0.25) is 0 Å². The quantitative estimate of drug-likeness (QED) is 0.575. The van der Waals surface area contributed by atoms with Crippen molar-refractivity contribution in [2.24, 2.45) is 0 Å². The Bertz CT molecular complexity index is 584. The van der Waals surface area contributed by atoms with Crippen LogP contribution < -0.4 is 0 Å². The van der Waals surface area contributed by atoms with E-state index in [1.165, 1.54) is 6.07 Å². The van der Waals surface area contributed by atoms with Gasteiger partial charge in [0.25, 0.3) is 0 Å². The van der Waals surface area contributed by atoms with Gasteiger partial charge in [0.15, 0.2) is 5.69 Å². The van der Waals surface area contributed by atoms with Crippen LogP contribution in [0.4, 0.5) is 10.1 Å². The van der Waals surface area contributed by atoms with Gasteiger partial charge < -0.3 is 0 Å². The Morgan fingerprint density at radius 3 is 2.53 bits per heavy atom. The molecule has 0 aliphatic rings. The zero-order valence-corrected chi connectivity index (χ0v) is 8.77. The molecule has 2 rings (SSSR count). The lowest BCUT2D eigenvalue weighted by Crippen LogP contribution is -1.81. The lowest BCUT2D eigenvalue weighted by Gasteiger charge is -2.03. The van der Waals surface area contributed by atoms with Gasteiger partial charge in [-0.15, -0.1) is 0 Å². The summed E-state index contributed by atoms with van der Waals surface area (Å²) in [5, 5.41) is 1.66. The van der Waals surface area contributed by atoms with Gasteiger partial charge in [-0.25, -0.2) is 9.24 Å². The summed E-state index contributed by atoms with van der Waals surface area (Å²) in [6.07, 6.45) is 0. The highest BCUT2D eigenvalue weighted by Gasteiger charge is 2.05.